The van der Waals surface area contributed by atoms with Gasteiger partial charge in [-0.2, -0.15) is 0 Å². The van der Waals surface area contributed by atoms with Crippen molar-refractivity contribution < 1.29 is 0 Å². The Hall–Kier alpha value is -2.08. The lowest BCUT2D eigenvalue weighted by atomic mass is 9.90. The highest BCUT2D eigenvalue weighted by molar-refractivity contribution is 6.04. The van der Waals surface area contributed by atoms with Gasteiger partial charge < -0.3 is 0 Å². The Morgan fingerprint density at radius 3 is 1.91 bits per heavy atom. The van der Waals surface area contributed by atoms with Crippen LogP contribution in [0.25, 0.3) is 11.1 Å². The Kier molecular flexibility index (Phi) is 7.59. The summed E-state index contributed by atoms with van der Waals surface area (Å²) in [7, 11) is 0. The van der Waals surface area contributed by atoms with Crippen molar-refractivity contribution in [2.24, 2.45) is 0 Å². The SMILES string of the molecule is C.C.C=C(/C(=C\C)c1ccc(C)cc1)c1ccc(C)cc1C. The molecule has 0 aliphatic rings. The summed E-state index contributed by atoms with van der Waals surface area (Å²) in [6.07, 6.45) is 2.15. The molecule has 0 amide bonds. The van der Waals surface area contributed by atoms with Gasteiger partial charge in [-0.3, -0.25) is 0 Å². The van der Waals surface area contributed by atoms with E-state index in [0.717, 1.165) is 5.57 Å². The lowest BCUT2D eigenvalue weighted by molar-refractivity contribution is 1.36. The summed E-state index contributed by atoms with van der Waals surface area (Å²) in [5.74, 6) is 0. The Labute approximate surface area is 137 Å². The van der Waals surface area contributed by atoms with Crippen LogP contribution in [0.5, 0.6) is 0 Å². The van der Waals surface area contributed by atoms with Crippen LogP contribution >= 0.6 is 0 Å². The monoisotopic (exact) mass is 294 g/mol. The van der Waals surface area contributed by atoms with Gasteiger partial charge in [0.05, 0.1) is 0 Å². The van der Waals surface area contributed by atoms with Crippen LogP contribution in [-0.4, -0.2) is 0 Å². The summed E-state index contributed by atoms with van der Waals surface area (Å²) in [5.41, 5.74) is 8.59. The van der Waals surface area contributed by atoms with E-state index in [0.29, 0.717) is 0 Å². The van der Waals surface area contributed by atoms with Gasteiger partial charge in [0.2, 0.25) is 0 Å². The molecule has 0 radical (unpaired) electrons. The van der Waals surface area contributed by atoms with Gasteiger partial charge in [-0.1, -0.05) is 81.1 Å². The van der Waals surface area contributed by atoms with Crippen LogP contribution in [0, 0.1) is 20.8 Å². The smallest absolute Gasteiger partial charge is 0.0154 e. The lowest BCUT2D eigenvalue weighted by Gasteiger charge is -2.14. The molecule has 2 aromatic carbocycles. The average Bonchev–Trinajstić information content (AvgIpc) is 2.41. The summed E-state index contributed by atoms with van der Waals surface area (Å²) in [6.45, 7) is 12.8. The molecule has 0 saturated carbocycles. The standard InChI is InChI=1S/C20H22.2CH4/c1-6-19(18-10-7-14(2)8-11-18)17(5)20-12-9-15(3)13-16(20)4;;/h6-13H,5H2,1-4H3;2*1H4/b19-6+;;. The third-order valence-electron chi connectivity index (χ3n) is 3.68. The van der Waals surface area contributed by atoms with E-state index in [2.05, 4.69) is 82.8 Å². The lowest BCUT2D eigenvalue weighted by Crippen LogP contribution is -1.93. The van der Waals surface area contributed by atoms with Gasteiger partial charge in [-0.25, -0.2) is 0 Å². The van der Waals surface area contributed by atoms with Gasteiger partial charge in [0.25, 0.3) is 0 Å². The summed E-state index contributed by atoms with van der Waals surface area (Å²) < 4.78 is 0. The molecule has 0 nitrogen and oxygen atoms in total. The molecule has 22 heavy (non-hydrogen) atoms. The predicted octanol–water partition coefficient (Wildman–Crippen LogP) is 7.00. The highest BCUT2D eigenvalue weighted by Crippen LogP contribution is 2.31. The first-order chi connectivity index (χ1) is 9.52. The maximum Gasteiger partial charge on any atom is -0.0154 e. The van der Waals surface area contributed by atoms with Gasteiger partial charge in [0.15, 0.2) is 0 Å². The Morgan fingerprint density at radius 2 is 1.41 bits per heavy atom. The summed E-state index contributed by atoms with van der Waals surface area (Å²) in [6, 6.07) is 15.2. The first-order valence-electron chi connectivity index (χ1n) is 7.03. The average molecular weight is 294 g/mol. The van der Waals surface area contributed by atoms with Crippen LogP contribution in [0.15, 0.2) is 55.1 Å². The maximum absolute atomic E-state index is 4.32. The zero-order chi connectivity index (χ0) is 14.7. The number of benzene rings is 2. The van der Waals surface area contributed by atoms with E-state index in [1.165, 1.54) is 33.4 Å². The largest absolute Gasteiger partial charge is 0.0905 e. The predicted molar refractivity (Wildman–Crippen MR) is 103 cm³/mol. The molecular weight excluding hydrogens is 264 g/mol. The molecule has 0 fully saturated rings. The zero-order valence-electron chi connectivity index (χ0n) is 12.8. The first kappa shape index (κ1) is 19.9. The van der Waals surface area contributed by atoms with Gasteiger partial charge in [-0.05, 0) is 55.5 Å². The van der Waals surface area contributed by atoms with Crippen molar-refractivity contribution >= 4 is 11.1 Å². The van der Waals surface area contributed by atoms with Crippen LogP contribution in [0.3, 0.4) is 0 Å². The molecule has 2 aromatic rings. The highest BCUT2D eigenvalue weighted by Gasteiger charge is 2.09. The van der Waals surface area contributed by atoms with Crippen molar-refractivity contribution in [3.63, 3.8) is 0 Å². The molecule has 0 aliphatic carbocycles. The first-order valence-corrected chi connectivity index (χ1v) is 7.03. The normalized spacial score (nSPS) is 10.5. The molecule has 0 heteroatoms. The van der Waals surface area contributed by atoms with Crippen LogP contribution in [-0.2, 0) is 0 Å². The minimum atomic E-state index is 0. The van der Waals surface area contributed by atoms with Crippen LogP contribution in [0.1, 0.15) is 49.6 Å². The minimum Gasteiger partial charge on any atom is -0.0905 e. The summed E-state index contributed by atoms with van der Waals surface area (Å²) in [5, 5.41) is 0. The van der Waals surface area contributed by atoms with E-state index in [1.54, 1.807) is 0 Å². The Balaban J connectivity index is 0.00000220. The maximum atomic E-state index is 4.32. The molecule has 0 heterocycles. The van der Waals surface area contributed by atoms with E-state index in [9.17, 15) is 0 Å². The van der Waals surface area contributed by atoms with Crippen molar-refractivity contribution in [2.75, 3.05) is 0 Å². The molecule has 2 rings (SSSR count). The second kappa shape index (κ2) is 8.38. The number of aryl methyl sites for hydroxylation is 3. The van der Waals surface area contributed by atoms with Gasteiger partial charge in [-0.15, -0.1) is 0 Å². The fraction of sp³-hybridized carbons (Fsp3) is 0.273. The second-order valence-corrected chi connectivity index (χ2v) is 5.37. The molecule has 0 aliphatic heterocycles. The van der Waals surface area contributed by atoms with Crippen LogP contribution < -0.4 is 0 Å². The Bertz CT molecular complexity index is 655. The van der Waals surface area contributed by atoms with Crippen molar-refractivity contribution in [1.82, 2.24) is 0 Å². The zero-order valence-corrected chi connectivity index (χ0v) is 12.8. The molecule has 0 aromatic heterocycles. The third-order valence-corrected chi connectivity index (χ3v) is 3.68. The van der Waals surface area contributed by atoms with Crippen LogP contribution in [0.4, 0.5) is 0 Å². The van der Waals surface area contributed by atoms with Gasteiger partial charge in [0, 0.05) is 0 Å². The summed E-state index contributed by atoms with van der Waals surface area (Å²) in [4.78, 5) is 0. The van der Waals surface area contributed by atoms with E-state index < -0.39 is 0 Å². The van der Waals surface area contributed by atoms with Crippen molar-refractivity contribution in [3.05, 3.63) is 82.9 Å². The van der Waals surface area contributed by atoms with E-state index in [4.69, 9.17) is 0 Å². The number of rotatable bonds is 3. The highest BCUT2D eigenvalue weighted by atomic mass is 14.1. The van der Waals surface area contributed by atoms with Crippen molar-refractivity contribution in [2.45, 2.75) is 42.5 Å². The topological polar surface area (TPSA) is 0 Å². The van der Waals surface area contributed by atoms with Crippen LogP contribution in [0.2, 0.25) is 0 Å². The molecule has 0 saturated heterocycles. The fourth-order valence-electron chi connectivity index (χ4n) is 2.55. The van der Waals surface area contributed by atoms with Gasteiger partial charge >= 0.3 is 0 Å². The van der Waals surface area contributed by atoms with Crippen molar-refractivity contribution in [1.29, 1.82) is 0 Å². The number of hydrogen-bond donors (Lipinski definition) is 0. The molecular formula is C22H30. The quantitative estimate of drug-likeness (QED) is 0.534. The van der Waals surface area contributed by atoms with E-state index >= 15 is 0 Å². The second-order valence-electron chi connectivity index (χ2n) is 5.37. The van der Waals surface area contributed by atoms with Crippen molar-refractivity contribution in [3.8, 4) is 0 Å². The summed E-state index contributed by atoms with van der Waals surface area (Å²) >= 11 is 0. The Morgan fingerprint density at radius 1 is 0.864 bits per heavy atom. The molecule has 0 unspecified atom stereocenters. The molecule has 0 bridgehead atoms. The molecule has 0 atom stereocenters. The third kappa shape index (κ3) is 4.21. The molecule has 118 valence electrons. The van der Waals surface area contributed by atoms with E-state index in [1.807, 2.05) is 0 Å². The fourth-order valence-corrected chi connectivity index (χ4v) is 2.55. The number of hydrogen-bond acceptors (Lipinski definition) is 0. The van der Waals surface area contributed by atoms with Gasteiger partial charge in [0.1, 0.15) is 0 Å². The molecule has 0 N–H and O–H groups in total. The minimum absolute atomic E-state index is 0. The van der Waals surface area contributed by atoms with E-state index in [-0.39, 0.29) is 14.9 Å². The molecule has 0 spiro atoms. The number of allylic oxidation sites excluding steroid dienone is 3.